The summed E-state index contributed by atoms with van der Waals surface area (Å²) < 4.78 is 0. The van der Waals surface area contributed by atoms with Gasteiger partial charge in [0.2, 0.25) is 5.91 Å². The largest absolute Gasteiger partial charge is 0.326 e. The number of hydrogen-bond acceptors (Lipinski definition) is 4. The summed E-state index contributed by atoms with van der Waals surface area (Å²) in [6.07, 6.45) is 3.81. The minimum absolute atomic E-state index is 0.0729. The molecule has 102 valence electrons. The number of rotatable bonds is 3. The normalized spacial score (nSPS) is 19.1. The molecule has 0 atom stereocenters. The van der Waals surface area contributed by atoms with E-state index in [4.69, 9.17) is 11.6 Å². The maximum Gasteiger partial charge on any atom is 0.239 e. The van der Waals surface area contributed by atoms with Crippen LogP contribution in [0.3, 0.4) is 0 Å². The fourth-order valence-corrected chi connectivity index (χ4v) is 2.13. The Morgan fingerprint density at radius 3 is 2.95 bits per heavy atom. The first kappa shape index (κ1) is 13.7. The molecule has 0 saturated carbocycles. The first-order chi connectivity index (χ1) is 9.01. The Hall–Kier alpha value is -1.75. The van der Waals surface area contributed by atoms with Crippen LogP contribution in [-0.4, -0.2) is 29.1 Å². The second-order valence-electron chi connectivity index (χ2n) is 4.64. The predicted molar refractivity (Wildman–Crippen MR) is 72.9 cm³/mol. The molecule has 1 aliphatic heterocycles. The van der Waals surface area contributed by atoms with Gasteiger partial charge in [-0.1, -0.05) is 5.57 Å². The highest BCUT2D eigenvalue weighted by atomic mass is 35.5. The Bertz CT molecular complexity index is 520. The predicted octanol–water partition coefficient (Wildman–Crippen LogP) is 1.20. The summed E-state index contributed by atoms with van der Waals surface area (Å²) in [7, 11) is 0. The SMILES string of the molecule is CC1=C(C)C(N2CC(NC(=O)CCl)=CN2)=CC(=O)C1. The van der Waals surface area contributed by atoms with Crippen LogP contribution in [0.2, 0.25) is 0 Å². The van der Waals surface area contributed by atoms with Gasteiger partial charge in [0.25, 0.3) is 0 Å². The van der Waals surface area contributed by atoms with Crippen molar-refractivity contribution in [3.63, 3.8) is 0 Å². The molecule has 0 fully saturated rings. The van der Waals surface area contributed by atoms with E-state index in [9.17, 15) is 9.59 Å². The molecular formula is C13H16ClN3O2. The monoisotopic (exact) mass is 281 g/mol. The van der Waals surface area contributed by atoms with Gasteiger partial charge in [-0.2, -0.15) is 0 Å². The lowest BCUT2D eigenvalue weighted by Crippen LogP contribution is -2.34. The van der Waals surface area contributed by atoms with Crippen molar-refractivity contribution in [3.8, 4) is 0 Å². The standard InChI is InChI=1S/C13H16ClN3O2/c1-8-3-11(18)4-12(9(8)2)17-7-10(6-15-17)16-13(19)5-14/h4,6,15H,3,5,7H2,1-2H3,(H,16,19). The summed E-state index contributed by atoms with van der Waals surface area (Å²) in [6.45, 7) is 4.44. The Morgan fingerprint density at radius 2 is 2.26 bits per heavy atom. The van der Waals surface area contributed by atoms with Gasteiger partial charge in [0.1, 0.15) is 5.88 Å². The molecule has 19 heavy (non-hydrogen) atoms. The molecule has 5 nitrogen and oxygen atoms in total. The molecule has 0 aromatic carbocycles. The summed E-state index contributed by atoms with van der Waals surface area (Å²) in [5.41, 5.74) is 6.78. The van der Waals surface area contributed by atoms with Crippen molar-refractivity contribution >= 4 is 23.3 Å². The summed E-state index contributed by atoms with van der Waals surface area (Å²) in [5, 5.41) is 4.53. The maximum absolute atomic E-state index is 11.6. The molecule has 6 heteroatoms. The number of ketones is 1. The van der Waals surface area contributed by atoms with Crippen molar-refractivity contribution in [2.45, 2.75) is 20.3 Å². The van der Waals surface area contributed by atoms with Crippen LogP contribution in [-0.2, 0) is 9.59 Å². The zero-order valence-corrected chi connectivity index (χ0v) is 11.7. The number of nitrogens with one attached hydrogen (secondary N) is 2. The highest BCUT2D eigenvalue weighted by Crippen LogP contribution is 2.26. The average Bonchev–Trinajstić information content (AvgIpc) is 2.81. The van der Waals surface area contributed by atoms with Crippen LogP contribution >= 0.6 is 11.6 Å². The average molecular weight is 282 g/mol. The quantitative estimate of drug-likeness (QED) is 0.763. The molecule has 0 radical (unpaired) electrons. The second kappa shape index (κ2) is 5.48. The minimum atomic E-state index is -0.242. The van der Waals surface area contributed by atoms with E-state index >= 15 is 0 Å². The molecule has 0 aromatic rings. The first-order valence-electron chi connectivity index (χ1n) is 6.01. The van der Waals surface area contributed by atoms with Gasteiger partial charge in [0.15, 0.2) is 5.78 Å². The zero-order chi connectivity index (χ0) is 14.0. The van der Waals surface area contributed by atoms with Crippen molar-refractivity contribution < 1.29 is 9.59 Å². The molecule has 0 aromatic heterocycles. The lowest BCUT2D eigenvalue weighted by Gasteiger charge is -2.26. The van der Waals surface area contributed by atoms with Crippen molar-refractivity contribution in [2.24, 2.45) is 0 Å². The third-order valence-corrected chi connectivity index (χ3v) is 3.44. The van der Waals surface area contributed by atoms with E-state index in [1.54, 1.807) is 12.3 Å². The zero-order valence-electron chi connectivity index (χ0n) is 10.9. The number of hydrogen-bond donors (Lipinski definition) is 2. The summed E-state index contributed by atoms with van der Waals surface area (Å²) >= 11 is 5.44. The van der Waals surface area contributed by atoms with Crippen LogP contribution in [0.15, 0.2) is 34.8 Å². The fourth-order valence-electron chi connectivity index (χ4n) is 2.06. The van der Waals surface area contributed by atoms with Crippen LogP contribution < -0.4 is 10.7 Å². The van der Waals surface area contributed by atoms with Gasteiger partial charge in [-0.15, -0.1) is 11.6 Å². The molecule has 0 bridgehead atoms. The number of halogens is 1. The van der Waals surface area contributed by atoms with Crippen molar-refractivity contribution in [1.29, 1.82) is 0 Å². The number of carbonyl (C=O) groups is 2. The van der Waals surface area contributed by atoms with E-state index in [0.717, 1.165) is 22.5 Å². The molecule has 1 aliphatic carbocycles. The molecule has 1 amide bonds. The van der Waals surface area contributed by atoms with Crippen molar-refractivity contribution in [2.75, 3.05) is 12.4 Å². The summed E-state index contributed by atoms with van der Waals surface area (Å²) in [6, 6.07) is 0. The lowest BCUT2D eigenvalue weighted by atomic mass is 9.96. The molecule has 0 saturated heterocycles. The topological polar surface area (TPSA) is 61.4 Å². The van der Waals surface area contributed by atoms with Crippen LogP contribution in [0.1, 0.15) is 20.3 Å². The van der Waals surface area contributed by atoms with Gasteiger partial charge in [-0.05, 0) is 19.4 Å². The third-order valence-electron chi connectivity index (χ3n) is 3.20. The van der Waals surface area contributed by atoms with E-state index in [1.165, 1.54) is 0 Å². The highest BCUT2D eigenvalue weighted by Gasteiger charge is 2.23. The van der Waals surface area contributed by atoms with Gasteiger partial charge in [0.05, 0.1) is 17.9 Å². The van der Waals surface area contributed by atoms with E-state index in [1.807, 2.05) is 18.9 Å². The van der Waals surface area contributed by atoms with Crippen molar-refractivity contribution in [1.82, 2.24) is 15.8 Å². The number of nitrogens with zero attached hydrogens (tertiary/aromatic N) is 1. The van der Waals surface area contributed by atoms with Crippen LogP contribution in [0.4, 0.5) is 0 Å². The summed E-state index contributed by atoms with van der Waals surface area (Å²) in [4.78, 5) is 22.8. The van der Waals surface area contributed by atoms with Crippen LogP contribution in [0.25, 0.3) is 0 Å². The van der Waals surface area contributed by atoms with Gasteiger partial charge in [-0.25, -0.2) is 0 Å². The molecule has 0 unspecified atom stereocenters. The smallest absolute Gasteiger partial charge is 0.239 e. The number of hydrazine groups is 1. The molecule has 2 N–H and O–H groups in total. The van der Waals surface area contributed by atoms with Gasteiger partial charge in [0, 0.05) is 18.7 Å². The number of allylic oxidation sites excluding steroid dienone is 3. The molecule has 2 rings (SSSR count). The molecule has 2 aliphatic rings. The van der Waals surface area contributed by atoms with E-state index in [2.05, 4.69) is 10.7 Å². The first-order valence-corrected chi connectivity index (χ1v) is 6.54. The maximum atomic E-state index is 11.6. The van der Waals surface area contributed by atoms with Crippen molar-refractivity contribution in [3.05, 3.63) is 34.8 Å². The van der Waals surface area contributed by atoms with Gasteiger partial charge < -0.3 is 10.7 Å². The van der Waals surface area contributed by atoms with E-state index in [-0.39, 0.29) is 17.6 Å². The van der Waals surface area contributed by atoms with Crippen LogP contribution in [0, 0.1) is 0 Å². The van der Waals surface area contributed by atoms with Crippen LogP contribution in [0.5, 0.6) is 0 Å². The molecular weight excluding hydrogens is 266 g/mol. The van der Waals surface area contributed by atoms with Gasteiger partial charge >= 0.3 is 0 Å². The molecule has 1 heterocycles. The lowest BCUT2D eigenvalue weighted by molar-refractivity contribution is -0.118. The van der Waals surface area contributed by atoms with E-state index < -0.39 is 0 Å². The number of carbonyl (C=O) groups excluding carboxylic acids is 2. The minimum Gasteiger partial charge on any atom is -0.326 e. The van der Waals surface area contributed by atoms with Gasteiger partial charge in [-0.3, -0.25) is 14.6 Å². The number of alkyl halides is 1. The Balaban J connectivity index is 2.06. The fraction of sp³-hybridized carbons (Fsp3) is 0.385. The third kappa shape index (κ3) is 2.98. The highest BCUT2D eigenvalue weighted by molar-refractivity contribution is 6.27. The molecule has 0 spiro atoms. The Kier molecular flexibility index (Phi) is 3.95. The summed E-state index contributed by atoms with van der Waals surface area (Å²) in [5.74, 6) is -0.219. The Morgan fingerprint density at radius 1 is 1.53 bits per heavy atom. The van der Waals surface area contributed by atoms with E-state index in [0.29, 0.717) is 13.0 Å². The number of amides is 1. The second-order valence-corrected chi connectivity index (χ2v) is 4.91. The Labute approximate surface area is 116 Å².